The number of Topliss-reactive ketones (excluding diaryl/α,β-unsaturated/α-hetero) is 1. The van der Waals surface area contributed by atoms with Crippen molar-refractivity contribution in [3.63, 3.8) is 0 Å². The van der Waals surface area contributed by atoms with E-state index in [2.05, 4.69) is 0 Å². The van der Waals surface area contributed by atoms with Crippen molar-refractivity contribution in [1.82, 2.24) is 0 Å². The number of hydrogen-bond donors (Lipinski definition) is 0. The van der Waals surface area contributed by atoms with E-state index in [1.54, 1.807) is 24.3 Å². The lowest BCUT2D eigenvalue weighted by molar-refractivity contribution is -0.144. The third kappa shape index (κ3) is 4.72. The van der Waals surface area contributed by atoms with Crippen LogP contribution in [-0.4, -0.2) is 25.0 Å². The number of carbonyl (C=O) groups is 2. The van der Waals surface area contributed by atoms with Crippen LogP contribution >= 0.6 is 0 Å². The van der Waals surface area contributed by atoms with E-state index >= 15 is 0 Å². The van der Waals surface area contributed by atoms with E-state index in [0.29, 0.717) is 5.75 Å². The first-order valence-electron chi connectivity index (χ1n) is 6.27. The van der Waals surface area contributed by atoms with Gasteiger partial charge in [0.15, 0.2) is 19.0 Å². The highest BCUT2D eigenvalue weighted by Gasteiger charge is 2.10. The van der Waals surface area contributed by atoms with Gasteiger partial charge in [-0.3, -0.25) is 4.79 Å². The first-order valence-corrected chi connectivity index (χ1v) is 6.27. The minimum atomic E-state index is -0.644. The molecule has 0 N–H and O–H groups in total. The number of benzene rings is 2. The van der Waals surface area contributed by atoms with Crippen molar-refractivity contribution in [2.75, 3.05) is 13.2 Å². The highest BCUT2D eigenvalue weighted by molar-refractivity contribution is 5.97. The lowest BCUT2D eigenvalue weighted by Gasteiger charge is -2.06. The number of hydrogen-bond acceptors (Lipinski definition) is 4. The Hall–Kier alpha value is -2.69. The summed E-state index contributed by atoms with van der Waals surface area (Å²) in [7, 11) is 0. The summed E-state index contributed by atoms with van der Waals surface area (Å²) in [5.41, 5.74) is 0.285. The van der Waals surface area contributed by atoms with Crippen molar-refractivity contribution in [1.29, 1.82) is 0 Å². The van der Waals surface area contributed by atoms with Gasteiger partial charge in [-0.05, 0) is 36.4 Å². The molecule has 0 aromatic heterocycles. The van der Waals surface area contributed by atoms with Gasteiger partial charge in [0.1, 0.15) is 11.6 Å². The topological polar surface area (TPSA) is 52.6 Å². The van der Waals surface area contributed by atoms with Crippen LogP contribution < -0.4 is 4.74 Å². The Kier molecular flexibility index (Phi) is 5.04. The molecule has 0 spiro atoms. The van der Waals surface area contributed by atoms with Gasteiger partial charge >= 0.3 is 5.97 Å². The van der Waals surface area contributed by atoms with Crippen LogP contribution in [0.3, 0.4) is 0 Å². The summed E-state index contributed by atoms with van der Waals surface area (Å²) >= 11 is 0. The van der Waals surface area contributed by atoms with Gasteiger partial charge in [-0.1, -0.05) is 18.2 Å². The smallest absolute Gasteiger partial charge is 0.344 e. The molecule has 21 heavy (non-hydrogen) atoms. The lowest BCUT2D eigenvalue weighted by atomic mass is 10.1. The van der Waals surface area contributed by atoms with Crippen LogP contribution in [0.1, 0.15) is 10.4 Å². The zero-order valence-corrected chi connectivity index (χ0v) is 11.1. The molecule has 2 aromatic carbocycles. The Labute approximate surface area is 121 Å². The van der Waals surface area contributed by atoms with Crippen LogP contribution in [0.5, 0.6) is 5.75 Å². The summed E-state index contributed by atoms with van der Waals surface area (Å²) in [5, 5.41) is 0. The molecule has 0 atom stereocenters. The van der Waals surface area contributed by atoms with Gasteiger partial charge in [0.2, 0.25) is 0 Å². The van der Waals surface area contributed by atoms with Crippen LogP contribution in [0.15, 0.2) is 54.6 Å². The fraction of sp³-hybridized carbons (Fsp3) is 0.125. The Bertz CT molecular complexity index is 608. The molecule has 5 heteroatoms. The summed E-state index contributed by atoms with van der Waals surface area (Å²) in [5.74, 6) is -0.934. The summed E-state index contributed by atoms with van der Waals surface area (Å²) in [6.45, 7) is -0.677. The standard InChI is InChI=1S/C16H13FO4/c17-13-8-6-12(7-9-13)15(18)10-21-16(19)11-20-14-4-2-1-3-5-14/h1-9H,10-11H2. The molecule has 2 rings (SSSR count). The van der Waals surface area contributed by atoms with E-state index in [0.717, 1.165) is 0 Å². The molecule has 0 fully saturated rings. The SMILES string of the molecule is O=C(COc1ccccc1)OCC(=O)c1ccc(F)cc1. The Morgan fingerprint density at radius 3 is 2.24 bits per heavy atom. The number of ether oxygens (including phenoxy) is 2. The monoisotopic (exact) mass is 288 g/mol. The second kappa shape index (κ2) is 7.19. The highest BCUT2D eigenvalue weighted by atomic mass is 19.1. The van der Waals surface area contributed by atoms with Crippen LogP contribution in [0, 0.1) is 5.82 Å². The second-order valence-corrected chi connectivity index (χ2v) is 4.19. The van der Waals surface area contributed by atoms with Crippen molar-refractivity contribution < 1.29 is 23.5 Å². The Balaban J connectivity index is 1.76. The van der Waals surface area contributed by atoms with E-state index in [1.807, 2.05) is 6.07 Å². The number of esters is 1. The normalized spacial score (nSPS) is 9.95. The average molecular weight is 288 g/mol. The number of halogens is 1. The molecular weight excluding hydrogens is 275 g/mol. The molecule has 0 heterocycles. The third-order valence-corrected chi connectivity index (χ3v) is 2.63. The summed E-state index contributed by atoms with van der Waals surface area (Å²) in [6, 6.07) is 13.8. The summed E-state index contributed by atoms with van der Waals surface area (Å²) < 4.78 is 22.7. The van der Waals surface area contributed by atoms with E-state index < -0.39 is 24.2 Å². The van der Waals surface area contributed by atoms with Crippen LogP contribution in [0.4, 0.5) is 4.39 Å². The maximum Gasteiger partial charge on any atom is 0.344 e. The molecule has 108 valence electrons. The van der Waals surface area contributed by atoms with Crippen molar-refractivity contribution in [2.45, 2.75) is 0 Å². The molecule has 0 saturated heterocycles. The van der Waals surface area contributed by atoms with Gasteiger partial charge in [0.05, 0.1) is 0 Å². The molecule has 0 amide bonds. The molecule has 0 saturated carbocycles. The van der Waals surface area contributed by atoms with E-state index in [9.17, 15) is 14.0 Å². The van der Waals surface area contributed by atoms with Crippen LogP contribution in [-0.2, 0) is 9.53 Å². The average Bonchev–Trinajstić information content (AvgIpc) is 2.52. The molecular formula is C16H13FO4. The fourth-order valence-electron chi connectivity index (χ4n) is 1.57. The zero-order valence-electron chi connectivity index (χ0n) is 11.1. The molecule has 0 aliphatic carbocycles. The minimum Gasteiger partial charge on any atom is -0.482 e. The van der Waals surface area contributed by atoms with Crippen molar-refractivity contribution in [3.05, 3.63) is 66.0 Å². The van der Waals surface area contributed by atoms with Gasteiger partial charge in [-0.25, -0.2) is 9.18 Å². The molecule has 0 aliphatic rings. The second-order valence-electron chi connectivity index (χ2n) is 4.19. The predicted molar refractivity (Wildman–Crippen MR) is 73.6 cm³/mol. The highest BCUT2D eigenvalue weighted by Crippen LogP contribution is 2.08. The molecule has 4 nitrogen and oxygen atoms in total. The Morgan fingerprint density at radius 1 is 0.905 bits per heavy atom. The lowest BCUT2D eigenvalue weighted by Crippen LogP contribution is -2.19. The van der Waals surface area contributed by atoms with Crippen molar-refractivity contribution in [2.24, 2.45) is 0 Å². The Morgan fingerprint density at radius 2 is 1.57 bits per heavy atom. The summed E-state index contributed by atoms with van der Waals surface area (Å²) in [6.07, 6.45) is 0. The van der Waals surface area contributed by atoms with Crippen LogP contribution in [0.2, 0.25) is 0 Å². The number of rotatable bonds is 6. The summed E-state index contributed by atoms with van der Waals surface area (Å²) in [4.78, 5) is 23.1. The van der Waals surface area contributed by atoms with Gasteiger partial charge in [-0.15, -0.1) is 0 Å². The predicted octanol–water partition coefficient (Wildman–Crippen LogP) is 2.63. The van der Waals surface area contributed by atoms with Gasteiger partial charge in [0.25, 0.3) is 0 Å². The number of para-hydroxylation sites is 1. The van der Waals surface area contributed by atoms with E-state index in [1.165, 1.54) is 24.3 Å². The van der Waals surface area contributed by atoms with Crippen molar-refractivity contribution in [3.8, 4) is 5.75 Å². The maximum atomic E-state index is 12.7. The molecule has 0 aliphatic heterocycles. The first kappa shape index (κ1) is 14.7. The molecule has 0 bridgehead atoms. The zero-order chi connectivity index (χ0) is 15.1. The third-order valence-electron chi connectivity index (χ3n) is 2.63. The number of carbonyl (C=O) groups excluding carboxylic acids is 2. The van der Waals surface area contributed by atoms with Gasteiger partial charge in [-0.2, -0.15) is 0 Å². The molecule has 0 radical (unpaired) electrons. The minimum absolute atomic E-state index is 0.277. The van der Waals surface area contributed by atoms with Crippen molar-refractivity contribution >= 4 is 11.8 Å². The maximum absolute atomic E-state index is 12.7. The van der Waals surface area contributed by atoms with Gasteiger partial charge < -0.3 is 9.47 Å². The largest absolute Gasteiger partial charge is 0.482 e. The van der Waals surface area contributed by atoms with E-state index in [-0.39, 0.29) is 12.2 Å². The van der Waals surface area contributed by atoms with Gasteiger partial charge in [0, 0.05) is 5.56 Å². The quantitative estimate of drug-likeness (QED) is 0.605. The molecule has 2 aromatic rings. The first-order chi connectivity index (χ1) is 10.1. The van der Waals surface area contributed by atoms with Crippen LogP contribution in [0.25, 0.3) is 0 Å². The van der Waals surface area contributed by atoms with E-state index in [4.69, 9.17) is 9.47 Å². The molecule has 0 unspecified atom stereocenters. The number of ketones is 1. The fourth-order valence-corrected chi connectivity index (χ4v) is 1.57.